The predicted molar refractivity (Wildman–Crippen MR) is 129 cm³/mol. The highest BCUT2D eigenvalue weighted by atomic mass is 35.5. The highest BCUT2D eigenvalue weighted by molar-refractivity contribution is 6.34. The molecule has 1 aliphatic heterocycles. The summed E-state index contributed by atoms with van der Waals surface area (Å²) in [6, 6.07) is 15.8. The Morgan fingerprint density at radius 1 is 1.15 bits per heavy atom. The number of hydrogen-bond acceptors (Lipinski definition) is 5. The van der Waals surface area contributed by atoms with Gasteiger partial charge >= 0.3 is 5.97 Å². The minimum absolute atomic E-state index is 0.159. The van der Waals surface area contributed by atoms with Gasteiger partial charge in [-0.3, -0.25) is 4.79 Å². The van der Waals surface area contributed by atoms with Crippen molar-refractivity contribution in [1.82, 2.24) is 0 Å². The molecule has 0 unspecified atom stereocenters. The van der Waals surface area contributed by atoms with Crippen LogP contribution < -0.4 is 5.01 Å². The van der Waals surface area contributed by atoms with E-state index in [1.165, 1.54) is 11.1 Å². The quantitative estimate of drug-likeness (QED) is 0.255. The average Bonchev–Trinajstić information content (AvgIpc) is 3.40. The first-order chi connectivity index (χ1) is 15.9. The van der Waals surface area contributed by atoms with Gasteiger partial charge in [0.15, 0.2) is 0 Å². The first-order valence-corrected chi connectivity index (χ1v) is 10.6. The third-order valence-electron chi connectivity index (χ3n) is 5.18. The molecule has 2 aromatic carbocycles. The number of carbonyl (C=O) groups is 2. The summed E-state index contributed by atoms with van der Waals surface area (Å²) < 4.78 is 11.0. The fourth-order valence-corrected chi connectivity index (χ4v) is 3.56. The zero-order valence-corrected chi connectivity index (χ0v) is 18.9. The van der Waals surface area contributed by atoms with Crippen molar-refractivity contribution in [2.45, 2.75) is 13.8 Å². The highest BCUT2D eigenvalue weighted by Crippen LogP contribution is 2.32. The Morgan fingerprint density at radius 2 is 1.91 bits per heavy atom. The van der Waals surface area contributed by atoms with Gasteiger partial charge in [-0.05, 0) is 61.9 Å². The molecule has 0 N–H and O–H groups in total. The second-order valence-corrected chi connectivity index (χ2v) is 7.82. The van der Waals surface area contributed by atoms with Crippen molar-refractivity contribution in [1.29, 1.82) is 0 Å². The summed E-state index contributed by atoms with van der Waals surface area (Å²) in [5.74, 6) is 0.455. The second kappa shape index (κ2) is 9.30. The van der Waals surface area contributed by atoms with E-state index in [1.807, 2.05) is 13.0 Å². The maximum absolute atomic E-state index is 13.0. The topological polar surface area (TPSA) is 72.1 Å². The largest absolute Gasteiger partial charge is 0.458 e. The Labute approximate surface area is 196 Å². The lowest BCUT2D eigenvalue weighted by atomic mass is 10.1. The zero-order chi connectivity index (χ0) is 23.5. The van der Waals surface area contributed by atoms with Gasteiger partial charge in [-0.1, -0.05) is 42.5 Å². The van der Waals surface area contributed by atoms with Gasteiger partial charge in [-0.25, -0.2) is 4.79 Å². The third kappa shape index (κ3) is 4.52. The first kappa shape index (κ1) is 22.3. The molecular weight excluding hydrogens is 440 g/mol. The summed E-state index contributed by atoms with van der Waals surface area (Å²) in [5.41, 5.74) is 3.67. The molecule has 0 bridgehead atoms. The van der Waals surface area contributed by atoms with Gasteiger partial charge in [0.2, 0.25) is 0 Å². The van der Waals surface area contributed by atoms with Crippen LogP contribution in [0.5, 0.6) is 0 Å². The van der Waals surface area contributed by atoms with Crippen LogP contribution in [0.1, 0.15) is 28.6 Å². The lowest BCUT2D eigenvalue weighted by molar-refractivity contribution is -0.114. The van der Waals surface area contributed by atoms with Crippen LogP contribution in [0.15, 0.2) is 82.3 Å². The van der Waals surface area contributed by atoms with Crippen molar-refractivity contribution in [3.05, 3.63) is 94.7 Å². The molecule has 0 radical (unpaired) electrons. The fourth-order valence-electron chi connectivity index (χ4n) is 3.39. The molecule has 0 saturated heterocycles. The maximum Gasteiger partial charge on any atom is 0.338 e. The molecule has 0 atom stereocenters. The molecule has 2 heterocycles. The van der Waals surface area contributed by atoms with Gasteiger partial charge in [0.1, 0.15) is 18.1 Å². The lowest BCUT2D eigenvalue weighted by Gasteiger charge is -2.15. The van der Waals surface area contributed by atoms with Gasteiger partial charge in [0.25, 0.3) is 5.91 Å². The van der Waals surface area contributed by atoms with E-state index in [9.17, 15) is 9.59 Å². The molecule has 1 aromatic heterocycles. The molecule has 4 rings (SSSR count). The summed E-state index contributed by atoms with van der Waals surface area (Å²) >= 11 is 6.21. The number of nitrogens with zero attached hydrogens (tertiary/aromatic N) is 2. The first-order valence-electron chi connectivity index (χ1n) is 10.2. The molecule has 7 heteroatoms. The van der Waals surface area contributed by atoms with E-state index in [4.69, 9.17) is 20.8 Å². The van der Waals surface area contributed by atoms with Crippen molar-refractivity contribution in [2.75, 3.05) is 11.6 Å². The van der Waals surface area contributed by atoms with Crippen LogP contribution >= 0.6 is 11.6 Å². The lowest BCUT2D eigenvalue weighted by Crippen LogP contribution is -2.22. The number of furan rings is 1. The number of ether oxygens (including phenoxy) is 1. The van der Waals surface area contributed by atoms with E-state index in [1.54, 1.807) is 61.5 Å². The maximum atomic E-state index is 13.0. The molecular formula is C26H21ClN2O4. The van der Waals surface area contributed by atoms with Crippen molar-refractivity contribution in [3.8, 4) is 11.3 Å². The van der Waals surface area contributed by atoms with Gasteiger partial charge in [0, 0.05) is 10.6 Å². The Balaban J connectivity index is 1.54. The van der Waals surface area contributed by atoms with E-state index < -0.39 is 5.97 Å². The van der Waals surface area contributed by atoms with E-state index >= 15 is 0 Å². The van der Waals surface area contributed by atoms with Gasteiger partial charge in [-0.15, -0.1) is 0 Å². The predicted octanol–water partition coefficient (Wildman–Crippen LogP) is 6.06. The van der Waals surface area contributed by atoms with Crippen molar-refractivity contribution < 1.29 is 18.7 Å². The summed E-state index contributed by atoms with van der Waals surface area (Å²) in [7, 11) is 0. The van der Waals surface area contributed by atoms with Crippen LogP contribution in [0.4, 0.5) is 5.69 Å². The highest BCUT2D eigenvalue weighted by Gasteiger charge is 2.30. The number of hydrogen-bond donors (Lipinski definition) is 0. The Kier molecular flexibility index (Phi) is 6.29. The number of anilines is 1. The number of halogens is 1. The van der Waals surface area contributed by atoms with E-state index in [0.717, 1.165) is 11.1 Å². The number of benzene rings is 2. The van der Waals surface area contributed by atoms with E-state index in [2.05, 4.69) is 11.7 Å². The fraction of sp³-hybridized carbons (Fsp3) is 0.115. The third-order valence-corrected chi connectivity index (χ3v) is 5.59. The SMILES string of the molecule is C=CCOC(=O)c1ccc(-c2ccc(C=C3C(=O)N(c4cccc(Cl)c4C)N=C3C)o2)cc1. The van der Waals surface area contributed by atoms with Crippen molar-refractivity contribution in [3.63, 3.8) is 0 Å². The van der Waals surface area contributed by atoms with Gasteiger partial charge < -0.3 is 9.15 Å². The number of carbonyl (C=O) groups excluding carboxylic acids is 2. The summed E-state index contributed by atoms with van der Waals surface area (Å²) in [4.78, 5) is 25.0. The summed E-state index contributed by atoms with van der Waals surface area (Å²) in [6.45, 7) is 7.31. The minimum atomic E-state index is -0.416. The molecule has 0 spiro atoms. The Bertz CT molecular complexity index is 1300. The smallest absolute Gasteiger partial charge is 0.338 e. The monoisotopic (exact) mass is 460 g/mol. The second-order valence-electron chi connectivity index (χ2n) is 7.41. The number of amides is 1. The Hall–Kier alpha value is -3.90. The molecule has 166 valence electrons. The number of hydrazone groups is 1. The number of rotatable bonds is 6. The van der Waals surface area contributed by atoms with Crippen LogP contribution in [0.3, 0.4) is 0 Å². The summed E-state index contributed by atoms with van der Waals surface area (Å²) in [6.07, 6.45) is 3.19. The van der Waals surface area contributed by atoms with Crippen LogP contribution in [-0.2, 0) is 9.53 Å². The molecule has 0 fully saturated rings. The molecule has 3 aromatic rings. The zero-order valence-electron chi connectivity index (χ0n) is 18.2. The summed E-state index contributed by atoms with van der Waals surface area (Å²) in [5, 5.41) is 6.34. The average molecular weight is 461 g/mol. The van der Waals surface area contributed by atoms with E-state index in [0.29, 0.717) is 39.1 Å². The molecule has 0 aliphatic carbocycles. The van der Waals surface area contributed by atoms with Crippen LogP contribution in [0.2, 0.25) is 5.02 Å². The number of esters is 1. The molecule has 1 amide bonds. The molecule has 1 aliphatic rings. The molecule has 0 saturated carbocycles. The Morgan fingerprint density at radius 3 is 2.64 bits per heavy atom. The van der Waals surface area contributed by atoms with Gasteiger partial charge in [0.05, 0.1) is 22.5 Å². The normalized spacial score (nSPS) is 14.5. The van der Waals surface area contributed by atoms with Crippen LogP contribution in [0, 0.1) is 6.92 Å². The van der Waals surface area contributed by atoms with Crippen molar-refractivity contribution >= 4 is 41.0 Å². The standard InChI is InChI=1S/C26H21ClN2O4/c1-4-14-32-26(31)19-10-8-18(9-11-19)24-13-12-20(33-24)15-21-17(3)28-29(25(21)30)23-7-5-6-22(27)16(23)2/h4-13,15H,1,14H2,2-3H3. The molecule has 33 heavy (non-hydrogen) atoms. The minimum Gasteiger partial charge on any atom is -0.458 e. The molecule has 6 nitrogen and oxygen atoms in total. The van der Waals surface area contributed by atoms with E-state index in [-0.39, 0.29) is 12.5 Å². The van der Waals surface area contributed by atoms with Crippen LogP contribution in [0.25, 0.3) is 17.4 Å². The van der Waals surface area contributed by atoms with Crippen molar-refractivity contribution in [2.24, 2.45) is 5.10 Å². The van der Waals surface area contributed by atoms with Crippen LogP contribution in [-0.4, -0.2) is 24.2 Å². The van der Waals surface area contributed by atoms with Gasteiger partial charge in [-0.2, -0.15) is 10.1 Å².